The molecule has 1 aliphatic rings. The molecule has 1 aromatic carbocycles. The van der Waals surface area contributed by atoms with E-state index in [1.54, 1.807) is 11.9 Å². The van der Waals surface area contributed by atoms with Crippen molar-refractivity contribution in [2.45, 2.75) is 26.3 Å². The highest BCUT2D eigenvalue weighted by molar-refractivity contribution is 14.0. The first kappa shape index (κ1) is 22.9. The molecule has 1 saturated heterocycles. The molecular formula is C18H29F2IN4O. The lowest BCUT2D eigenvalue weighted by atomic mass is 10.2. The van der Waals surface area contributed by atoms with Gasteiger partial charge in [-0.25, -0.2) is 8.78 Å². The number of guanidine groups is 1. The number of benzene rings is 1. The van der Waals surface area contributed by atoms with Crippen LogP contribution in [0.2, 0.25) is 0 Å². The zero-order chi connectivity index (χ0) is 18.2. The fourth-order valence-electron chi connectivity index (χ4n) is 2.82. The van der Waals surface area contributed by atoms with Gasteiger partial charge in [-0.05, 0) is 24.5 Å². The second kappa shape index (κ2) is 11.5. The second-order valence-electron chi connectivity index (χ2n) is 6.61. The van der Waals surface area contributed by atoms with Crippen molar-refractivity contribution in [3.8, 4) is 0 Å². The molecule has 0 radical (unpaired) electrons. The van der Waals surface area contributed by atoms with Crippen LogP contribution in [0.3, 0.4) is 0 Å². The van der Waals surface area contributed by atoms with Gasteiger partial charge in [-0.15, -0.1) is 24.0 Å². The van der Waals surface area contributed by atoms with Crippen LogP contribution >= 0.6 is 24.0 Å². The van der Waals surface area contributed by atoms with E-state index in [1.807, 2.05) is 0 Å². The van der Waals surface area contributed by atoms with E-state index < -0.39 is 11.6 Å². The van der Waals surface area contributed by atoms with Crippen LogP contribution in [0.25, 0.3) is 0 Å². The van der Waals surface area contributed by atoms with Crippen molar-refractivity contribution < 1.29 is 13.5 Å². The lowest BCUT2D eigenvalue weighted by molar-refractivity contribution is 0.114. The lowest BCUT2D eigenvalue weighted by Gasteiger charge is -2.21. The Labute approximate surface area is 171 Å². The molecule has 0 spiro atoms. The minimum absolute atomic E-state index is 0. The zero-order valence-electron chi connectivity index (χ0n) is 15.6. The lowest BCUT2D eigenvalue weighted by Crippen LogP contribution is -2.45. The van der Waals surface area contributed by atoms with Crippen LogP contribution in [0.1, 0.15) is 20.3 Å². The van der Waals surface area contributed by atoms with Gasteiger partial charge in [0.2, 0.25) is 0 Å². The van der Waals surface area contributed by atoms with Gasteiger partial charge in [0.05, 0.1) is 6.61 Å². The maximum Gasteiger partial charge on any atom is 0.191 e. The SMILES string of the molecule is CN=C(NCCOCC(C)C)NC1CCN(c2c(F)cccc2F)C1.I. The fourth-order valence-corrected chi connectivity index (χ4v) is 2.82. The summed E-state index contributed by atoms with van der Waals surface area (Å²) >= 11 is 0. The Hall–Kier alpha value is -1.16. The molecule has 5 nitrogen and oxygen atoms in total. The summed E-state index contributed by atoms with van der Waals surface area (Å²) in [6.45, 7) is 7.35. The molecular weight excluding hydrogens is 453 g/mol. The number of nitrogens with zero attached hydrogens (tertiary/aromatic N) is 2. The normalized spacial score (nSPS) is 17.4. The topological polar surface area (TPSA) is 48.9 Å². The standard InChI is InChI=1S/C18H28F2N4O.HI/c1-13(2)12-25-10-8-22-18(21-3)23-14-7-9-24(11-14)17-15(19)5-4-6-16(17)20;/h4-6,13-14H,7-12H2,1-3H3,(H2,21,22,23);1H. The van der Waals surface area contributed by atoms with Gasteiger partial charge in [0.25, 0.3) is 0 Å². The molecule has 0 bridgehead atoms. The van der Waals surface area contributed by atoms with Gasteiger partial charge < -0.3 is 20.3 Å². The summed E-state index contributed by atoms with van der Waals surface area (Å²) in [6.07, 6.45) is 0.790. The predicted octanol–water partition coefficient (Wildman–Crippen LogP) is 3.00. The van der Waals surface area contributed by atoms with Crippen molar-refractivity contribution in [1.82, 2.24) is 10.6 Å². The number of para-hydroxylation sites is 1. The van der Waals surface area contributed by atoms with Crippen LogP contribution in [0.5, 0.6) is 0 Å². The summed E-state index contributed by atoms with van der Waals surface area (Å²) in [5, 5.41) is 6.50. The van der Waals surface area contributed by atoms with Crippen LogP contribution in [-0.2, 0) is 4.74 Å². The number of nitrogens with one attached hydrogen (secondary N) is 2. The highest BCUT2D eigenvalue weighted by Crippen LogP contribution is 2.26. The highest BCUT2D eigenvalue weighted by Gasteiger charge is 2.27. The van der Waals surface area contributed by atoms with E-state index in [9.17, 15) is 8.78 Å². The van der Waals surface area contributed by atoms with Gasteiger partial charge in [-0.3, -0.25) is 4.99 Å². The predicted molar refractivity (Wildman–Crippen MR) is 113 cm³/mol. The number of hydrogen-bond donors (Lipinski definition) is 2. The van der Waals surface area contributed by atoms with E-state index in [0.29, 0.717) is 38.1 Å². The monoisotopic (exact) mass is 482 g/mol. The Balaban J connectivity index is 0.00000338. The number of hydrogen-bond acceptors (Lipinski definition) is 3. The Bertz CT molecular complexity index is 566. The van der Waals surface area contributed by atoms with Gasteiger partial charge >= 0.3 is 0 Å². The maximum absolute atomic E-state index is 13.9. The van der Waals surface area contributed by atoms with Crippen molar-refractivity contribution in [3.05, 3.63) is 29.8 Å². The molecule has 1 aliphatic heterocycles. The molecule has 1 heterocycles. The minimum Gasteiger partial charge on any atom is -0.379 e. The van der Waals surface area contributed by atoms with E-state index in [-0.39, 0.29) is 35.7 Å². The van der Waals surface area contributed by atoms with Crippen molar-refractivity contribution >= 4 is 35.6 Å². The number of rotatable bonds is 7. The minimum atomic E-state index is -0.523. The van der Waals surface area contributed by atoms with Gasteiger partial charge in [0.15, 0.2) is 5.96 Å². The van der Waals surface area contributed by atoms with Gasteiger partial charge in [0.1, 0.15) is 17.3 Å². The average Bonchev–Trinajstić information content (AvgIpc) is 3.01. The third kappa shape index (κ3) is 6.86. The van der Waals surface area contributed by atoms with E-state index in [4.69, 9.17) is 4.74 Å². The molecule has 1 aromatic rings. The molecule has 0 aliphatic carbocycles. The van der Waals surface area contributed by atoms with Gasteiger partial charge in [-0.1, -0.05) is 19.9 Å². The summed E-state index contributed by atoms with van der Waals surface area (Å²) in [5.74, 6) is 0.144. The van der Waals surface area contributed by atoms with E-state index >= 15 is 0 Å². The number of halogens is 3. The summed E-state index contributed by atoms with van der Waals surface area (Å²) in [4.78, 5) is 5.93. The number of anilines is 1. The third-order valence-electron chi connectivity index (χ3n) is 4.00. The fraction of sp³-hybridized carbons (Fsp3) is 0.611. The molecule has 8 heteroatoms. The van der Waals surface area contributed by atoms with Crippen LogP contribution in [0.4, 0.5) is 14.5 Å². The third-order valence-corrected chi connectivity index (χ3v) is 4.00. The molecule has 1 atom stereocenters. The van der Waals surface area contributed by atoms with Crippen LogP contribution in [0.15, 0.2) is 23.2 Å². The van der Waals surface area contributed by atoms with Crippen molar-refractivity contribution in [3.63, 3.8) is 0 Å². The molecule has 148 valence electrons. The Morgan fingerprint density at radius 3 is 2.65 bits per heavy atom. The van der Waals surface area contributed by atoms with Crippen molar-refractivity contribution in [2.24, 2.45) is 10.9 Å². The quantitative estimate of drug-likeness (QED) is 0.272. The van der Waals surface area contributed by atoms with Crippen LogP contribution < -0.4 is 15.5 Å². The van der Waals surface area contributed by atoms with Crippen LogP contribution in [0, 0.1) is 17.6 Å². The molecule has 1 fully saturated rings. The molecule has 0 saturated carbocycles. The zero-order valence-corrected chi connectivity index (χ0v) is 17.9. The smallest absolute Gasteiger partial charge is 0.191 e. The molecule has 2 rings (SSSR count). The average molecular weight is 482 g/mol. The van der Waals surface area contributed by atoms with Gasteiger partial charge in [-0.2, -0.15) is 0 Å². The Morgan fingerprint density at radius 2 is 2.04 bits per heavy atom. The molecule has 0 amide bonds. The largest absolute Gasteiger partial charge is 0.379 e. The first-order valence-electron chi connectivity index (χ1n) is 8.75. The summed E-state index contributed by atoms with van der Waals surface area (Å²) < 4.78 is 33.3. The first-order valence-corrected chi connectivity index (χ1v) is 8.75. The molecule has 0 aromatic heterocycles. The maximum atomic E-state index is 13.9. The number of aliphatic imine (C=N–C) groups is 1. The second-order valence-corrected chi connectivity index (χ2v) is 6.61. The van der Waals surface area contributed by atoms with E-state index in [2.05, 4.69) is 29.5 Å². The molecule has 2 N–H and O–H groups in total. The van der Waals surface area contributed by atoms with Crippen LogP contribution in [-0.4, -0.2) is 51.9 Å². The molecule has 1 unspecified atom stereocenters. The van der Waals surface area contributed by atoms with E-state index in [0.717, 1.165) is 13.0 Å². The number of ether oxygens (including phenoxy) is 1. The van der Waals surface area contributed by atoms with Crippen molar-refractivity contribution in [1.29, 1.82) is 0 Å². The summed E-state index contributed by atoms with van der Waals surface area (Å²) in [6, 6.07) is 4.04. The first-order chi connectivity index (χ1) is 12.0. The highest BCUT2D eigenvalue weighted by atomic mass is 127. The van der Waals surface area contributed by atoms with Gasteiger partial charge in [0, 0.05) is 39.3 Å². The Morgan fingerprint density at radius 1 is 1.35 bits per heavy atom. The summed E-state index contributed by atoms with van der Waals surface area (Å²) in [7, 11) is 1.70. The van der Waals surface area contributed by atoms with Crippen molar-refractivity contribution in [2.75, 3.05) is 44.8 Å². The Kier molecular flexibility index (Phi) is 10.1. The summed E-state index contributed by atoms with van der Waals surface area (Å²) in [5.41, 5.74) is 0.0526. The molecule has 26 heavy (non-hydrogen) atoms. The van der Waals surface area contributed by atoms with E-state index in [1.165, 1.54) is 18.2 Å².